The number of carbonyl (C=O) groups excluding carboxylic acids is 1. The van der Waals surface area contributed by atoms with E-state index in [1.165, 1.54) is 5.56 Å². The van der Waals surface area contributed by atoms with Gasteiger partial charge in [-0.3, -0.25) is 4.79 Å². The molecule has 5 heteroatoms. The Kier molecular flexibility index (Phi) is 4.66. The number of rotatable bonds is 4. The molecule has 2 aromatic heterocycles. The number of hydrogen-bond acceptors (Lipinski definition) is 3. The predicted molar refractivity (Wildman–Crippen MR) is 93.7 cm³/mol. The number of aromatic nitrogens is 2. The molecule has 1 saturated heterocycles. The molecule has 1 aliphatic rings. The Bertz CT molecular complexity index is 683. The lowest BCUT2D eigenvalue weighted by molar-refractivity contribution is -0.116. The van der Waals surface area contributed by atoms with Crippen LogP contribution in [0.5, 0.6) is 0 Å². The molecule has 1 amide bonds. The number of likely N-dealkylation sites (tertiary alicyclic amines) is 1. The number of fused-ring (bicyclic) bond motifs is 1. The Hall–Kier alpha value is -1.88. The van der Waals surface area contributed by atoms with Crippen LogP contribution < -0.4 is 5.32 Å². The summed E-state index contributed by atoms with van der Waals surface area (Å²) in [6.07, 6.45) is 4.94. The Morgan fingerprint density at radius 2 is 2.13 bits per heavy atom. The van der Waals surface area contributed by atoms with E-state index in [9.17, 15) is 4.79 Å². The van der Waals surface area contributed by atoms with E-state index in [1.54, 1.807) is 0 Å². The molecular weight excluding hydrogens is 288 g/mol. The molecule has 1 fully saturated rings. The van der Waals surface area contributed by atoms with E-state index < -0.39 is 0 Å². The number of piperidine rings is 1. The van der Waals surface area contributed by atoms with Crippen LogP contribution in [0.15, 0.2) is 18.3 Å². The van der Waals surface area contributed by atoms with Gasteiger partial charge in [-0.15, -0.1) is 0 Å². The van der Waals surface area contributed by atoms with Gasteiger partial charge < -0.3 is 15.2 Å². The maximum absolute atomic E-state index is 12.0. The van der Waals surface area contributed by atoms with E-state index in [0.717, 1.165) is 37.0 Å². The number of hydrogen-bond donors (Lipinski definition) is 2. The van der Waals surface area contributed by atoms with Crippen LogP contribution in [0.25, 0.3) is 11.0 Å². The van der Waals surface area contributed by atoms with Gasteiger partial charge in [-0.05, 0) is 62.5 Å². The highest BCUT2D eigenvalue weighted by Gasteiger charge is 2.22. The van der Waals surface area contributed by atoms with E-state index in [2.05, 4.69) is 28.4 Å². The van der Waals surface area contributed by atoms with E-state index in [-0.39, 0.29) is 5.91 Å². The van der Waals surface area contributed by atoms with Crippen molar-refractivity contribution in [2.24, 2.45) is 5.92 Å². The molecule has 2 N–H and O–H groups in total. The first-order valence-corrected chi connectivity index (χ1v) is 8.49. The molecular formula is C18H26N4O. The molecule has 0 radical (unpaired) electrons. The number of anilines is 1. The topological polar surface area (TPSA) is 61.0 Å². The van der Waals surface area contributed by atoms with Crippen molar-refractivity contribution in [2.75, 3.05) is 25.5 Å². The van der Waals surface area contributed by atoms with E-state index in [0.29, 0.717) is 24.1 Å². The number of nitrogens with zero attached hydrogens (tertiary/aromatic N) is 2. The van der Waals surface area contributed by atoms with Crippen molar-refractivity contribution < 1.29 is 4.79 Å². The molecule has 0 aliphatic carbocycles. The van der Waals surface area contributed by atoms with Gasteiger partial charge in [0.05, 0.1) is 11.0 Å². The third kappa shape index (κ3) is 3.72. The fourth-order valence-electron chi connectivity index (χ4n) is 3.28. The van der Waals surface area contributed by atoms with Crippen LogP contribution in [0.1, 0.15) is 44.6 Å². The fraction of sp³-hybridized carbons (Fsp3) is 0.556. The van der Waals surface area contributed by atoms with Crippen molar-refractivity contribution in [2.45, 2.75) is 39.0 Å². The Labute approximate surface area is 137 Å². The smallest absolute Gasteiger partial charge is 0.225 e. The summed E-state index contributed by atoms with van der Waals surface area (Å²) in [7, 11) is 2.17. The standard InChI is InChI=1S/C18H26N4O/c1-12(2)10-17(23)20-16-5-4-15-18(21-16)14(11-19-15)13-6-8-22(3)9-7-13/h4-5,11-13,19H,6-10H2,1-3H3,(H,20,21,23). The molecule has 0 saturated carbocycles. The molecule has 5 nitrogen and oxygen atoms in total. The number of nitrogens with one attached hydrogen (secondary N) is 2. The van der Waals surface area contributed by atoms with Crippen LogP contribution in [0.4, 0.5) is 5.82 Å². The van der Waals surface area contributed by atoms with Crippen molar-refractivity contribution >= 4 is 22.8 Å². The number of pyridine rings is 1. The van der Waals surface area contributed by atoms with Gasteiger partial charge in [0, 0.05) is 12.6 Å². The zero-order valence-electron chi connectivity index (χ0n) is 14.2. The second-order valence-electron chi connectivity index (χ2n) is 7.06. The van der Waals surface area contributed by atoms with Crippen molar-refractivity contribution in [3.63, 3.8) is 0 Å². The maximum atomic E-state index is 12.0. The highest BCUT2D eigenvalue weighted by atomic mass is 16.1. The lowest BCUT2D eigenvalue weighted by atomic mass is 9.91. The number of carbonyl (C=O) groups is 1. The Morgan fingerprint density at radius 3 is 2.83 bits per heavy atom. The largest absolute Gasteiger partial charge is 0.360 e. The molecule has 23 heavy (non-hydrogen) atoms. The van der Waals surface area contributed by atoms with Gasteiger partial charge in [0.1, 0.15) is 5.82 Å². The van der Waals surface area contributed by atoms with E-state index in [1.807, 2.05) is 26.0 Å². The van der Waals surface area contributed by atoms with Crippen LogP contribution in [0, 0.1) is 5.92 Å². The molecule has 0 atom stereocenters. The third-order valence-corrected chi connectivity index (χ3v) is 4.57. The van der Waals surface area contributed by atoms with Crippen molar-refractivity contribution in [1.29, 1.82) is 0 Å². The van der Waals surface area contributed by atoms with Gasteiger partial charge in [-0.2, -0.15) is 0 Å². The monoisotopic (exact) mass is 314 g/mol. The summed E-state index contributed by atoms with van der Waals surface area (Å²) in [5.74, 6) is 1.58. The summed E-state index contributed by atoms with van der Waals surface area (Å²) >= 11 is 0. The highest BCUT2D eigenvalue weighted by molar-refractivity contribution is 5.91. The quantitative estimate of drug-likeness (QED) is 0.909. The molecule has 0 unspecified atom stereocenters. The number of amides is 1. The third-order valence-electron chi connectivity index (χ3n) is 4.57. The SMILES string of the molecule is CC(C)CC(=O)Nc1ccc2[nH]cc(C3CCN(C)CC3)c2n1. The van der Waals surface area contributed by atoms with Gasteiger partial charge >= 0.3 is 0 Å². The molecule has 3 heterocycles. The summed E-state index contributed by atoms with van der Waals surface area (Å²) in [5.41, 5.74) is 3.33. The average Bonchev–Trinajstić information content (AvgIpc) is 2.90. The molecule has 2 aromatic rings. The Morgan fingerprint density at radius 1 is 1.39 bits per heavy atom. The summed E-state index contributed by atoms with van der Waals surface area (Å²) < 4.78 is 0. The summed E-state index contributed by atoms with van der Waals surface area (Å²) in [5, 5.41) is 2.92. The average molecular weight is 314 g/mol. The summed E-state index contributed by atoms with van der Waals surface area (Å²) in [6, 6.07) is 3.88. The lowest BCUT2D eigenvalue weighted by Gasteiger charge is -2.28. The predicted octanol–water partition coefficient (Wildman–Crippen LogP) is 3.36. The van der Waals surface area contributed by atoms with Gasteiger partial charge in [0.25, 0.3) is 0 Å². The van der Waals surface area contributed by atoms with Crippen LogP contribution in [0.3, 0.4) is 0 Å². The molecule has 124 valence electrons. The summed E-state index contributed by atoms with van der Waals surface area (Å²) in [4.78, 5) is 22.3. The van der Waals surface area contributed by atoms with E-state index >= 15 is 0 Å². The van der Waals surface area contributed by atoms with Gasteiger partial charge in [0.15, 0.2) is 0 Å². The Balaban J connectivity index is 1.81. The molecule has 0 spiro atoms. The second kappa shape index (κ2) is 6.71. The van der Waals surface area contributed by atoms with Crippen LogP contribution in [-0.2, 0) is 4.79 Å². The van der Waals surface area contributed by atoms with Gasteiger partial charge in [0.2, 0.25) is 5.91 Å². The first kappa shape index (κ1) is 16.0. The molecule has 0 bridgehead atoms. The number of H-pyrrole nitrogens is 1. The van der Waals surface area contributed by atoms with E-state index in [4.69, 9.17) is 4.98 Å². The minimum atomic E-state index is 0.0308. The van der Waals surface area contributed by atoms with Crippen molar-refractivity contribution in [3.05, 3.63) is 23.9 Å². The second-order valence-corrected chi connectivity index (χ2v) is 7.06. The van der Waals surface area contributed by atoms with Crippen molar-refractivity contribution in [3.8, 4) is 0 Å². The zero-order valence-corrected chi connectivity index (χ0v) is 14.2. The number of aromatic amines is 1. The minimum absolute atomic E-state index is 0.0308. The highest BCUT2D eigenvalue weighted by Crippen LogP contribution is 2.32. The minimum Gasteiger partial charge on any atom is -0.360 e. The van der Waals surface area contributed by atoms with Gasteiger partial charge in [-0.1, -0.05) is 13.8 Å². The molecule has 0 aromatic carbocycles. The normalized spacial score (nSPS) is 17.0. The lowest BCUT2D eigenvalue weighted by Crippen LogP contribution is -2.29. The van der Waals surface area contributed by atoms with Crippen LogP contribution in [0.2, 0.25) is 0 Å². The first-order valence-electron chi connectivity index (χ1n) is 8.49. The van der Waals surface area contributed by atoms with Crippen LogP contribution in [-0.4, -0.2) is 40.9 Å². The molecule has 1 aliphatic heterocycles. The zero-order chi connectivity index (χ0) is 16.4. The maximum Gasteiger partial charge on any atom is 0.225 e. The molecule has 3 rings (SSSR count). The van der Waals surface area contributed by atoms with Crippen molar-refractivity contribution in [1.82, 2.24) is 14.9 Å². The first-order chi connectivity index (χ1) is 11.0. The summed E-state index contributed by atoms with van der Waals surface area (Å²) in [6.45, 7) is 6.34. The fourth-order valence-corrected chi connectivity index (χ4v) is 3.28. The van der Waals surface area contributed by atoms with Gasteiger partial charge in [-0.25, -0.2) is 4.98 Å². The van der Waals surface area contributed by atoms with Crippen LogP contribution >= 0.6 is 0 Å².